The van der Waals surface area contributed by atoms with Gasteiger partial charge in [-0.3, -0.25) is 4.90 Å². The van der Waals surface area contributed by atoms with Crippen molar-refractivity contribution >= 4 is 0 Å². The van der Waals surface area contributed by atoms with Crippen LogP contribution in [0.5, 0.6) is 0 Å². The fourth-order valence-corrected chi connectivity index (χ4v) is 1.97. The summed E-state index contributed by atoms with van der Waals surface area (Å²) in [7, 11) is 0. The zero-order valence-corrected chi connectivity index (χ0v) is 11.3. The molecule has 0 aromatic carbocycles. The van der Waals surface area contributed by atoms with Gasteiger partial charge in [0.1, 0.15) is 6.33 Å². The van der Waals surface area contributed by atoms with Crippen LogP contribution < -0.4 is 5.32 Å². The molecule has 4 nitrogen and oxygen atoms in total. The van der Waals surface area contributed by atoms with E-state index in [-0.39, 0.29) is 0 Å². The summed E-state index contributed by atoms with van der Waals surface area (Å²) in [6.45, 7) is 11.9. The summed E-state index contributed by atoms with van der Waals surface area (Å²) in [4.78, 5) is 10.5. The molecule has 1 heterocycles. The molecule has 0 amide bonds. The van der Waals surface area contributed by atoms with Crippen LogP contribution in [0.4, 0.5) is 0 Å². The summed E-state index contributed by atoms with van der Waals surface area (Å²) in [5.74, 6) is 0. The minimum absolute atomic E-state index is 0.594. The van der Waals surface area contributed by atoms with Gasteiger partial charge < -0.3 is 5.32 Å². The first-order valence-corrected chi connectivity index (χ1v) is 6.31. The molecule has 0 saturated heterocycles. The third kappa shape index (κ3) is 5.24. The smallest absolute Gasteiger partial charge is 0.115 e. The standard InChI is InChI=1S/C13H24N4/c1-11(2)17(12(3)4)6-5-14-7-13-8-15-10-16-9-13/h8-12,14H,5-7H2,1-4H3. The Labute approximate surface area is 104 Å². The molecule has 4 heteroatoms. The molecule has 0 unspecified atom stereocenters. The number of hydrogen-bond donors (Lipinski definition) is 1. The number of rotatable bonds is 7. The average molecular weight is 236 g/mol. The molecule has 0 aliphatic carbocycles. The molecule has 1 aromatic heterocycles. The molecule has 0 saturated carbocycles. The van der Waals surface area contributed by atoms with Crippen molar-refractivity contribution in [3.8, 4) is 0 Å². The number of nitrogens with zero attached hydrogens (tertiary/aromatic N) is 3. The molecule has 0 bridgehead atoms. The third-order valence-electron chi connectivity index (χ3n) is 2.82. The summed E-state index contributed by atoms with van der Waals surface area (Å²) in [5, 5.41) is 3.42. The first kappa shape index (κ1) is 14.1. The van der Waals surface area contributed by atoms with Gasteiger partial charge in [0.15, 0.2) is 0 Å². The molecule has 0 spiro atoms. The van der Waals surface area contributed by atoms with E-state index in [1.165, 1.54) is 0 Å². The highest BCUT2D eigenvalue weighted by Gasteiger charge is 2.11. The summed E-state index contributed by atoms with van der Waals surface area (Å²) in [6, 6.07) is 1.19. The first-order valence-electron chi connectivity index (χ1n) is 6.31. The van der Waals surface area contributed by atoms with E-state index < -0.39 is 0 Å². The lowest BCUT2D eigenvalue weighted by molar-refractivity contribution is 0.176. The van der Waals surface area contributed by atoms with Gasteiger partial charge >= 0.3 is 0 Å². The van der Waals surface area contributed by atoms with Crippen molar-refractivity contribution in [1.82, 2.24) is 20.2 Å². The lowest BCUT2D eigenvalue weighted by Gasteiger charge is -2.30. The molecule has 0 aliphatic rings. The van der Waals surface area contributed by atoms with Gasteiger partial charge in [0.05, 0.1) is 0 Å². The van der Waals surface area contributed by atoms with Crippen molar-refractivity contribution in [2.45, 2.75) is 46.3 Å². The summed E-state index contributed by atoms with van der Waals surface area (Å²) in [5.41, 5.74) is 1.13. The molecular weight excluding hydrogens is 212 g/mol. The lowest BCUT2D eigenvalue weighted by atomic mass is 10.2. The zero-order chi connectivity index (χ0) is 12.7. The van der Waals surface area contributed by atoms with Crippen LogP contribution in [0.2, 0.25) is 0 Å². The second-order valence-corrected chi connectivity index (χ2v) is 4.85. The number of nitrogens with one attached hydrogen (secondary N) is 1. The molecule has 96 valence electrons. The summed E-state index contributed by atoms with van der Waals surface area (Å²) >= 11 is 0. The Morgan fingerprint density at radius 2 is 1.71 bits per heavy atom. The van der Waals surface area contributed by atoms with Gasteiger partial charge in [-0.05, 0) is 27.7 Å². The van der Waals surface area contributed by atoms with Crippen molar-refractivity contribution in [3.05, 3.63) is 24.3 Å². The van der Waals surface area contributed by atoms with E-state index in [1.807, 2.05) is 12.4 Å². The van der Waals surface area contributed by atoms with Gasteiger partial charge in [0, 0.05) is 49.7 Å². The van der Waals surface area contributed by atoms with Crippen LogP contribution in [0.1, 0.15) is 33.3 Å². The van der Waals surface area contributed by atoms with Gasteiger partial charge in [-0.25, -0.2) is 9.97 Å². The molecule has 1 rings (SSSR count). The number of hydrogen-bond acceptors (Lipinski definition) is 4. The molecule has 0 radical (unpaired) electrons. The van der Waals surface area contributed by atoms with Crippen LogP contribution in [-0.4, -0.2) is 40.0 Å². The largest absolute Gasteiger partial charge is 0.311 e. The first-order chi connectivity index (χ1) is 8.11. The second kappa shape index (κ2) is 7.35. The highest BCUT2D eigenvalue weighted by molar-refractivity contribution is 5.01. The molecule has 0 atom stereocenters. The Balaban J connectivity index is 2.23. The molecule has 0 aliphatic heterocycles. The molecule has 1 N–H and O–H groups in total. The van der Waals surface area contributed by atoms with Crippen LogP contribution in [-0.2, 0) is 6.54 Å². The Morgan fingerprint density at radius 1 is 1.12 bits per heavy atom. The Kier molecular flexibility index (Phi) is 6.08. The van der Waals surface area contributed by atoms with Crippen LogP contribution in [0.15, 0.2) is 18.7 Å². The fourth-order valence-electron chi connectivity index (χ4n) is 1.97. The molecule has 0 fully saturated rings. The molecule has 1 aromatic rings. The number of aromatic nitrogens is 2. The van der Waals surface area contributed by atoms with Crippen molar-refractivity contribution in [1.29, 1.82) is 0 Å². The fraction of sp³-hybridized carbons (Fsp3) is 0.692. The van der Waals surface area contributed by atoms with Gasteiger partial charge in [-0.1, -0.05) is 0 Å². The minimum Gasteiger partial charge on any atom is -0.311 e. The lowest BCUT2D eigenvalue weighted by Crippen LogP contribution is -2.41. The van der Waals surface area contributed by atoms with E-state index in [0.717, 1.165) is 25.2 Å². The van der Waals surface area contributed by atoms with Gasteiger partial charge in [-0.2, -0.15) is 0 Å². The van der Waals surface area contributed by atoms with Crippen LogP contribution >= 0.6 is 0 Å². The monoisotopic (exact) mass is 236 g/mol. The van der Waals surface area contributed by atoms with E-state index >= 15 is 0 Å². The SMILES string of the molecule is CC(C)N(CCNCc1cncnc1)C(C)C. The Morgan fingerprint density at radius 3 is 2.24 bits per heavy atom. The van der Waals surface area contributed by atoms with E-state index in [0.29, 0.717) is 12.1 Å². The van der Waals surface area contributed by atoms with Gasteiger partial charge in [0.2, 0.25) is 0 Å². The van der Waals surface area contributed by atoms with E-state index in [2.05, 4.69) is 47.9 Å². The Hall–Kier alpha value is -1.00. The van der Waals surface area contributed by atoms with Gasteiger partial charge in [0.25, 0.3) is 0 Å². The van der Waals surface area contributed by atoms with Crippen LogP contribution in [0.25, 0.3) is 0 Å². The van der Waals surface area contributed by atoms with Crippen LogP contribution in [0.3, 0.4) is 0 Å². The predicted octanol–water partition coefficient (Wildman–Crippen LogP) is 1.68. The topological polar surface area (TPSA) is 41.0 Å². The van der Waals surface area contributed by atoms with Crippen molar-refractivity contribution in [2.75, 3.05) is 13.1 Å². The zero-order valence-electron chi connectivity index (χ0n) is 11.3. The minimum atomic E-state index is 0.594. The quantitative estimate of drug-likeness (QED) is 0.731. The molecule has 17 heavy (non-hydrogen) atoms. The summed E-state index contributed by atoms with van der Waals surface area (Å²) in [6.07, 6.45) is 5.26. The van der Waals surface area contributed by atoms with Crippen LogP contribution in [0, 0.1) is 0 Å². The maximum Gasteiger partial charge on any atom is 0.115 e. The van der Waals surface area contributed by atoms with Crippen molar-refractivity contribution < 1.29 is 0 Å². The average Bonchev–Trinajstić information content (AvgIpc) is 2.29. The van der Waals surface area contributed by atoms with E-state index in [1.54, 1.807) is 6.33 Å². The maximum absolute atomic E-state index is 3.99. The van der Waals surface area contributed by atoms with E-state index in [9.17, 15) is 0 Å². The maximum atomic E-state index is 3.99. The van der Waals surface area contributed by atoms with E-state index in [4.69, 9.17) is 0 Å². The normalized spacial score (nSPS) is 11.7. The predicted molar refractivity (Wildman–Crippen MR) is 70.7 cm³/mol. The Bertz CT molecular complexity index is 290. The van der Waals surface area contributed by atoms with Crippen molar-refractivity contribution in [2.24, 2.45) is 0 Å². The molecular formula is C13H24N4. The third-order valence-corrected chi connectivity index (χ3v) is 2.82. The van der Waals surface area contributed by atoms with Crippen molar-refractivity contribution in [3.63, 3.8) is 0 Å². The van der Waals surface area contributed by atoms with Gasteiger partial charge in [-0.15, -0.1) is 0 Å². The second-order valence-electron chi connectivity index (χ2n) is 4.85. The summed E-state index contributed by atoms with van der Waals surface area (Å²) < 4.78 is 0. The highest BCUT2D eigenvalue weighted by atomic mass is 15.2. The highest BCUT2D eigenvalue weighted by Crippen LogP contribution is 2.03.